The summed E-state index contributed by atoms with van der Waals surface area (Å²) in [5.74, 6) is 0.199. The number of ether oxygens (including phenoxy) is 1. The lowest BCUT2D eigenvalue weighted by molar-refractivity contribution is -0.130. The molecule has 4 rings (SSSR count). The number of anilines is 1. The number of nitrogens with zero attached hydrogens (tertiary/aromatic N) is 1. The highest BCUT2D eigenvalue weighted by Gasteiger charge is 2.29. The van der Waals surface area contributed by atoms with Crippen molar-refractivity contribution in [2.24, 2.45) is 0 Å². The second kappa shape index (κ2) is 8.27. The number of hydrogen-bond acceptors (Lipinski definition) is 5. The van der Waals surface area contributed by atoms with E-state index >= 15 is 0 Å². The summed E-state index contributed by atoms with van der Waals surface area (Å²) in [7, 11) is 0. The van der Waals surface area contributed by atoms with Crippen LogP contribution in [0, 0.1) is 0 Å². The third-order valence-corrected chi connectivity index (χ3v) is 6.63. The van der Waals surface area contributed by atoms with Gasteiger partial charge in [-0.3, -0.25) is 4.79 Å². The molecule has 3 heterocycles. The molecule has 0 aliphatic carbocycles. The van der Waals surface area contributed by atoms with E-state index < -0.39 is 0 Å². The molecule has 1 aromatic carbocycles. The topological polar surface area (TPSA) is 41.6 Å². The fraction of sp³-hybridized carbons (Fsp3) is 0.350. The molecule has 1 N–H and O–H groups in total. The summed E-state index contributed by atoms with van der Waals surface area (Å²) < 4.78 is 8.66. The maximum atomic E-state index is 12.3. The van der Waals surface area contributed by atoms with Crippen LogP contribution in [-0.4, -0.2) is 36.3 Å². The molecule has 1 amide bonds. The number of carbonyl (C=O) groups excluding carboxylic acids is 1. The fourth-order valence-electron chi connectivity index (χ4n) is 3.49. The van der Waals surface area contributed by atoms with Crippen molar-refractivity contribution in [2.75, 3.05) is 24.2 Å². The molecule has 1 saturated heterocycles. The van der Waals surface area contributed by atoms with Crippen LogP contribution >= 0.6 is 34.9 Å². The molecule has 4 nitrogen and oxygen atoms in total. The highest BCUT2D eigenvalue weighted by Crippen LogP contribution is 2.38. The van der Waals surface area contributed by atoms with Gasteiger partial charge in [-0.2, -0.15) is 0 Å². The van der Waals surface area contributed by atoms with Gasteiger partial charge >= 0.3 is 0 Å². The number of rotatable bonds is 5. The lowest BCUT2D eigenvalue weighted by Gasteiger charge is -2.29. The van der Waals surface area contributed by atoms with Gasteiger partial charge in [0.05, 0.1) is 17.7 Å². The number of hydrogen-bond donors (Lipinski definition) is 1. The number of carbonyl (C=O) groups is 1. The maximum Gasteiger partial charge on any atom is 0.227 e. The van der Waals surface area contributed by atoms with Gasteiger partial charge in [-0.25, -0.2) is 0 Å². The molecule has 2 aliphatic rings. The zero-order valence-electron chi connectivity index (χ0n) is 15.0. The number of allylic oxidation sites excluding steroid dienone is 1. The lowest BCUT2D eigenvalue weighted by Crippen LogP contribution is -2.38. The van der Waals surface area contributed by atoms with Crippen LogP contribution in [0.15, 0.2) is 35.8 Å². The SMILES string of the molecule is CSNc1ccc(-c2cc(C3=CN(C4CCOC4)C(=O)CC3)cs2)c(Cl)c1. The standard InChI is InChI=1S/C20H21ClN2O2S2/c1-26-22-15-3-4-17(18(21)9-15)19-8-14(12-27-19)13-2-5-20(24)23(10-13)16-6-7-25-11-16/h3-4,8-10,12,16,22H,2,5-7,11H2,1H3. The highest BCUT2D eigenvalue weighted by molar-refractivity contribution is 7.99. The Morgan fingerprint density at radius 3 is 2.96 bits per heavy atom. The van der Waals surface area contributed by atoms with Crippen molar-refractivity contribution in [1.82, 2.24) is 4.90 Å². The van der Waals surface area contributed by atoms with E-state index in [1.807, 2.05) is 29.5 Å². The molecule has 0 bridgehead atoms. The van der Waals surface area contributed by atoms with Crippen molar-refractivity contribution in [3.8, 4) is 10.4 Å². The molecule has 7 heteroatoms. The molecule has 2 aromatic rings. The van der Waals surface area contributed by atoms with Gasteiger partial charge in [-0.15, -0.1) is 11.3 Å². The predicted octanol–water partition coefficient (Wildman–Crippen LogP) is 5.51. The maximum absolute atomic E-state index is 12.3. The van der Waals surface area contributed by atoms with Gasteiger partial charge in [-0.1, -0.05) is 23.5 Å². The first-order valence-electron chi connectivity index (χ1n) is 8.93. The average molecular weight is 421 g/mol. The van der Waals surface area contributed by atoms with Crippen LogP contribution in [0.2, 0.25) is 5.02 Å². The molecule has 1 atom stereocenters. The number of amides is 1. The van der Waals surface area contributed by atoms with Gasteiger partial charge in [0, 0.05) is 41.6 Å². The Hall–Kier alpha value is -1.47. The Balaban J connectivity index is 1.58. The van der Waals surface area contributed by atoms with Crippen LogP contribution in [0.25, 0.3) is 16.0 Å². The molecule has 1 aromatic heterocycles. The van der Waals surface area contributed by atoms with Crippen molar-refractivity contribution in [3.05, 3.63) is 46.4 Å². The molecular weight excluding hydrogens is 400 g/mol. The van der Waals surface area contributed by atoms with E-state index in [1.54, 1.807) is 23.3 Å². The monoisotopic (exact) mass is 420 g/mol. The van der Waals surface area contributed by atoms with Crippen molar-refractivity contribution in [3.63, 3.8) is 0 Å². The van der Waals surface area contributed by atoms with Gasteiger partial charge in [0.15, 0.2) is 0 Å². The smallest absolute Gasteiger partial charge is 0.227 e. The van der Waals surface area contributed by atoms with E-state index in [4.69, 9.17) is 16.3 Å². The largest absolute Gasteiger partial charge is 0.379 e. The fourth-order valence-corrected chi connectivity index (χ4v) is 5.16. The molecule has 142 valence electrons. The summed E-state index contributed by atoms with van der Waals surface area (Å²) in [4.78, 5) is 15.3. The second-order valence-electron chi connectivity index (χ2n) is 6.67. The summed E-state index contributed by atoms with van der Waals surface area (Å²) in [5, 5.41) is 2.89. The summed E-state index contributed by atoms with van der Waals surface area (Å²) >= 11 is 9.73. The minimum atomic E-state index is 0.178. The first-order valence-corrected chi connectivity index (χ1v) is 11.4. The van der Waals surface area contributed by atoms with Crippen LogP contribution in [0.5, 0.6) is 0 Å². The molecule has 0 saturated carbocycles. The van der Waals surface area contributed by atoms with Gasteiger partial charge in [-0.05, 0) is 53.6 Å². The molecule has 2 aliphatic heterocycles. The molecular formula is C20H21ClN2O2S2. The van der Waals surface area contributed by atoms with Crippen LogP contribution in [0.4, 0.5) is 5.69 Å². The Kier molecular flexibility index (Phi) is 5.78. The summed E-state index contributed by atoms with van der Waals surface area (Å²) in [6.45, 7) is 1.37. The predicted molar refractivity (Wildman–Crippen MR) is 115 cm³/mol. The van der Waals surface area contributed by atoms with Crippen LogP contribution in [-0.2, 0) is 9.53 Å². The van der Waals surface area contributed by atoms with Gasteiger partial charge in [0.1, 0.15) is 0 Å². The zero-order valence-corrected chi connectivity index (χ0v) is 17.4. The summed E-state index contributed by atoms with van der Waals surface area (Å²) in [6.07, 6.45) is 6.27. The van der Waals surface area contributed by atoms with Crippen LogP contribution < -0.4 is 4.72 Å². The normalized spacial score (nSPS) is 20.1. The van der Waals surface area contributed by atoms with Crippen molar-refractivity contribution in [1.29, 1.82) is 0 Å². The summed E-state index contributed by atoms with van der Waals surface area (Å²) in [5.41, 5.74) is 4.42. The van der Waals surface area contributed by atoms with Gasteiger partial charge < -0.3 is 14.4 Å². The van der Waals surface area contributed by atoms with E-state index in [1.165, 1.54) is 11.1 Å². The summed E-state index contributed by atoms with van der Waals surface area (Å²) in [6, 6.07) is 8.40. The molecule has 0 spiro atoms. The number of thiophene rings is 1. The van der Waals surface area contributed by atoms with Crippen molar-refractivity contribution >= 4 is 52.1 Å². The first kappa shape index (κ1) is 18.9. The van der Waals surface area contributed by atoms with Crippen molar-refractivity contribution < 1.29 is 9.53 Å². The lowest BCUT2D eigenvalue weighted by atomic mass is 9.99. The van der Waals surface area contributed by atoms with Crippen LogP contribution in [0.3, 0.4) is 0 Å². The van der Waals surface area contributed by atoms with E-state index in [0.29, 0.717) is 13.0 Å². The Bertz CT molecular complexity index is 875. The van der Waals surface area contributed by atoms with E-state index in [9.17, 15) is 4.79 Å². The number of nitrogens with one attached hydrogen (secondary N) is 1. The first-order chi connectivity index (χ1) is 13.2. The van der Waals surface area contributed by atoms with Crippen molar-refractivity contribution in [2.45, 2.75) is 25.3 Å². The molecule has 27 heavy (non-hydrogen) atoms. The molecule has 1 fully saturated rings. The second-order valence-corrected chi connectivity index (χ2v) is 8.60. The van der Waals surface area contributed by atoms with E-state index in [2.05, 4.69) is 22.2 Å². The zero-order chi connectivity index (χ0) is 18.8. The van der Waals surface area contributed by atoms with E-state index in [0.717, 1.165) is 40.6 Å². The molecule has 0 radical (unpaired) electrons. The Labute approximate surface area is 172 Å². The third kappa shape index (κ3) is 4.04. The third-order valence-electron chi connectivity index (χ3n) is 4.91. The highest BCUT2D eigenvalue weighted by atomic mass is 35.5. The Morgan fingerprint density at radius 1 is 1.33 bits per heavy atom. The minimum Gasteiger partial charge on any atom is -0.379 e. The number of benzene rings is 1. The minimum absolute atomic E-state index is 0.178. The van der Waals surface area contributed by atoms with Gasteiger partial charge in [0.25, 0.3) is 0 Å². The number of halogens is 1. The Morgan fingerprint density at radius 2 is 2.22 bits per heavy atom. The molecule has 1 unspecified atom stereocenters. The quantitative estimate of drug-likeness (QED) is 0.647. The van der Waals surface area contributed by atoms with E-state index in [-0.39, 0.29) is 11.9 Å². The van der Waals surface area contributed by atoms with Gasteiger partial charge in [0.2, 0.25) is 5.91 Å². The average Bonchev–Trinajstić information content (AvgIpc) is 3.35. The van der Waals surface area contributed by atoms with Crippen LogP contribution in [0.1, 0.15) is 24.8 Å².